The summed E-state index contributed by atoms with van der Waals surface area (Å²) < 4.78 is 0. The van der Waals surface area contributed by atoms with E-state index in [2.05, 4.69) is 161 Å². The molecule has 6 rings (SSSR count). The van der Waals surface area contributed by atoms with Crippen LogP contribution in [0.1, 0.15) is 59.1 Å². The highest BCUT2D eigenvalue weighted by atomic mass is 16.3. The van der Waals surface area contributed by atoms with E-state index in [1.54, 1.807) is 0 Å². The third kappa shape index (κ3) is 9.50. The molecule has 0 spiro atoms. The van der Waals surface area contributed by atoms with Crippen molar-refractivity contribution in [2.75, 3.05) is 41.3 Å². The van der Waals surface area contributed by atoms with Gasteiger partial charge in [0.25, 0.3) is 0 Å². The quantitative estimate of drug-likeness (QED) is 0.177. The van der Waals surface area contributed by atoms with Crippen molar-refractivity contribution >= 4 is 12.2 Å². The fourth-order valence-electron chi connectivity index (χ4n) is 8.10. The molecule has 264 valence electrons. The Bertz CT molecular complexity index is 1730. The van der Waals surface area contributed by atoms with E-state index in [-0.39, 0.29) is 11.8 Å². The molecule has 4 aromatic carbocycles. The second-order valence-electron chi connectivity index (χ2n) is 15.3. The molecule has 2 fully saturated rings. The normalized spacial score (nSPS) is 25.0. The van der Waals surface area contributed by atoms with Gasteiger partial charge in [-0.2, -0.15) is 0 Å². The van der Waals surface area contributed by atoms with Gasteiger partial charge in [-0.15, -0.1) is 0 Å². The maximum atomic E-state index is 11.8. The highest BCUT2D eigenvalue weighted by molar-refractivity contribution is 5.58. The maximum absolute atomic E-state index is 11.8. The molecule has 2 aliphatic rings. The first-order chi connectivity index (χ1) is 24.0. The third-order valence-corrected chi connectivity index (χ3v) is 10.7. The van der Waals surface area contributed by atoms with Gasteiger partial charge in [0.05, 0.1) is 11.2 Å². The van der Waals surface area contributed by atoms with Crippen LogP contribution in [0.5, 0.6) is 0 Å². The van der Waals surface area contributed by atoms with Gasteiger partial charge < -0.3 is 20.0 Å². The van der Waals surface area contributed by atoms with Crippen molar-refractivity contribution in [3.63, 3.8) is 0 Å². The van der Waals surface area contributed by atoms with Gasteiger partial charge in [0.1, 0.15) is 0 Å². The second-order valence-corrected chi connectivity index (χ2v) is 15.3. The predicted octanol–water partition coefficient (Wildman–Crippen LogP) is 8.65. The fourth-order valence-corrected chi connectivity index (χ4v) is 8.10. The van der Waals surface area contributed by atoms with E-state index in [0.29, 0.717) is 12.8 Å². The number of aryl methyl sites for hydroxylation is 2. The van der Waals surface area contributed by atoms with Crippen molar-refractivity contribution in [1.29, 1.82) is 0 Å². The first-order valence-corrected chi connectivity index (χ1v) is 18.3. The lowest BCUT2D eigenvalue weighted by Crippen LogP contribution is -2.42. The van der Waals surface area contributed by atoms with Gasteiger partial charge in [0.2, 0.25) is 0 Å². The second kappa shape index (κ2) is 16.9. The van der Waals surface area contributed by atoms with Crippen molar-refractivity contribution in [3.8, 4) is 0 Å². The molecule has 0 amide bonds. The molecule has 2 N–H and O–H groups in total. The van der Waals surface area contributed by atoms with Crippen LogP contribution in [0.4, 0.5) is 0 Å². The van der Waals surface area contributed by atoms with Crippen LogP contribution in [0, 0.1) is 25.7 Å². The van der Waals surface area contributed by atoms with Gasteiger partial charge in [0.15, 0.2) is 0 Å². The Balaban J connectivity index is 0.000000194. The Kier molecular flexibility index (Phi) is 12.7. The number of aliphatic hydroxyl groups is 2. The van der Waals surface area contributed by atoms with Gasteiger partial charge >= 0.3 is 0 Å². The Morgan fingerprint density at radius 1 is 0.600 bits per heavy atom. The zero-order chi connectivity index (χ0) is 35.7. The van der Waals surface area contributed by atoms with Crippen LogP contribution in [0.25, 0.3) is 12.2 Å². The SMILES string of the molecule is Cc1cccc(CC2(O)C(=Cc3ccccc3)CCC2CN(C)C)c1.Cc1ccccc1CC1(O)C(=Cc2ccccc2)CCC1CN(C)C. The van der Waals surface area contributed by atoms with E-state index in [0.717, 1.165) is 38.8 Å². The van der Waals surface area contributed by atoms with Crippen LogP contribution in [0.2, 0.25) is 0 Å². The summed E-state index contributed by atoms with van der Waals surface area (Å²) in [7, 11) is 8.36. The van der Waals surface area contributed by atoms with Gasteiger partial charge in [-0.3, -0.25) is 0 Å². The molecule has 0 radical (unpaired) electrons. The monoisotopic (exact) mass is 670 g/mol. The first-order valence-electron chi connectivity index (χ1n) is 18.3. The molecule has 0 bridgehead atoms. The molecule has 0 heterocycles. The molecule has 2 aliphatic carbocycles. The Morgan fingerprint density at radius 2 is 1.08 bits per heavy atom. The Hall–Kier alpha value is -3.80. The van der Waals surface area contributed by atoms with Crippen LogP contribution >= 0.6 is 0 Å². The van der Waals surface area contributed by atoms with Crippen molar-refractivity contribution < 1.29 is 10.2 Å². The zero-order valence-corrected chi connectivity index (χ0v) is 31.1. The summed E-state index contributed by atoms with van der Waals surface area (Å²) >= 11 is 0. The van der Waals surface area contributed by atoms with Crippen molar-refractivity contribution in [3.05, 3.63) is 154 Å². The average molecular weight is 671 g/mol. The van der Waals surface area contributed by atoms with Gasteiger partial charge in [0, 0.05) is 37.8 Å². The Morgan fingerprint density at radius 3 is 1.56 bits per heavy atom. The van der Waals surface area contributed by atoms with E-state index in [9.17, 15) is 10.2 Å². The van der Waals surface area contributed by atoms with Gasteiger partial charge in [-0.05, 0) is 107 Å². The molecular formula is C46H58N2O2. The molecule has 2 saturated carbocycles. The molecule has 0 aliphatic heterocycles. The lowest BCUT2D eigenvalue weighted by Gasteiger charge is -2.34. The lowest BCUT2D eigenvalue weighted by molar-refractivity contribution is 0.0254. The summed E-state index contributed by atoms with van der Waals surface area (Å²) in [6.07, 6.45) is 9.80. The summed E-state index contributed by atoms with van der Waals surface area (Å²) in [5.41, 5.74) is 8.11. The van der Waals surface area contributed by atoms with Crippen molar-refractivity contribution in [1.82, 2.24) is 9.80 Å². The van der Waals surface area contributed by atoms with Crippen molar-refractivity contribution in [2.24, 2.45) is 11.8 Å². The van der Waals surface area contributed by atoms with Crippen LogP contribution < -0.4 is 0 Å². The van der Waals surface area contributed by atoms with Crippen LogP contribution in [0.15, 0.2) is 120 Å². The standard InChI is InChI=1S/2C23H29NO/c1-18-9-7-8-12-20(18)16-23(25)21(13-14-22(23)17-24(2)3)15-19-10-5-4-6-11-19;1-18-8-7-11-20(14-18)16-23(25)21(12-13-22(23)17-24(2)3)15-19-9-5-4-6-10-19/h4-12,15,22,25H,13-14,16-17H2,1-3H3;4-11,14-15,22,25H,12-13,16-17H2,1-3H3. The van der Waals surface area contributed by atoms with Crippen LogP contribution in [-0.2, 0) is 12.8 Å². The van der Waals surface area contributed by atoms with Crippen LogP contribution in [-0.4, -0.2) is 72.5 Å². The van der Waals surface area contributed by atoms with E-state index < -0.39 is 11.2 Å². The van der Waals surface area contributed by atoms with E-state index in [4.69, 9.17) is 0 Å². The number of nitrogens with zero attached hydrogens (tertiary/aromatic N) is 2. The van der Waals surface area contributed by atoms with E-state index in [1.807, 2.05) is 12.1 Å². The highest BCUT2D eigenvalue weighted by Gasteiger charge is 2.46. The number of benzene rings is 4. The summed E-state index contributed by atoms with van der Waals surface area (Å²) in [5.74, 6) is 0.523. The molecule has 4 heteroatoms. The van der Waals surface area contributed by atoms with Gasteiger partial charge in [-0.1, -0.05) is 127 Å². The maximum Gasteiger partial charge on any atom is 0.0940 e. The summed E-state index contributed by atoms with van der Waals surface area (Å²) in [5, 5.41) is 23.6. The zero-order valence-electron chi connectivity index (χ0n) is 31.1. The Labute approximate surface area is 301 Å². The minimum absolute atomic E-state index is 0.261. The largest absolute Gasteiger partial charge is 0.385 e. The number of hydrogen-bond donors (Lipinski definition) is 2. The van der Waals surface area contributed by atoms with E-state index >= 15 is 0 Å². The molecule has 4 atom stereocenters. The molecule has 4 nitrogen and oxygen atoms in total. The van der Waals surface area contributed by atoms with E-state index in [1.165, 1.54) is 44.5 Å². The third-order valence-electron chi connectivity index (χ3n) is 10.7. The molecule has 0 aromatic heterocycles. The molecule has 4 aromatic rings. The summed E-state index contributed by atoms with van der Waals surface area (Å²) in [6.45, 7) is 6.07. The molecule has 0 saturated heterocycles. The average Bonchev–Trinajstić information content (AvgIpc) is 3.53. The molecular weight excluding hydrogens is 613 g/mol. The highest BCUT2D eigenvalue weighted by Crippen LogP contribution is 2.45. The smallest absolute Gasteiger partial charge is 0.0940 e. The number of hydrogen-bond acceptors (Lipinski definition) is 4. The molecule has 50 heavy (non-hydrogen) atoms. The minimum Gasteiger partial charge on any atom is -0.385 e. The van der Waals surface area contributed by atoms with Crippen molar-refractivity contribution in [2.45, 2.75) is 63.6 Å². The molecule has 4 unspecified atom stereocenters. The summed E-state index contributed by atoms with van der Waals surface area (Å²) in [6, 6.07) is 37.7. The van der Waals surface area contributed by atoms with Crippen LogP contribution in [0.3, 0.4) is 0 Å². The topological polar surface area (TPSA) is 46.9 Å². The first kappa shape index (κ1) is 37.5. The summed E-state index contributed by atoms with van der Waals surface area (Å²) in [4.78, 5) is 4.39. The van der Waals surface area contributed by atoms with Gasteiger partial charge in [-0.25, -0.2) is 0 Å². The minimum atomic E-state index is -0.772. The lowest BCUT2D eigenvalue weighted by atomic mass is 9.80. The predicted molar refractivity (Wildman–Crippen MR) is 211 cm³/mol. The fraction of sp³-hybridized carbons (Fsp3) is 0.391. The number of rotatable bonds is 10.